The first-order chi connectivity index (χ1) is 11.8. The van der Waals surface area contributed by atoms with Crippen molar-refractivity contribution in [1.82, 2.24) is 14.6 Å². The molecule has 24 heavy (non-hydrogen) atoms. The topological polar surface area (TPSA) is 68.5 Å². The zero-order valence-electron chi connectivity index (χ0n) is 13.2. The number of carbonyl (C=O) groups excluding carboxylic acids is 1. The first-order valence-electron chi connectivity index (χ1n) is 8.10. The van der Waals surface area contributed by atoms with Gasteiger partial charge in [-0.05, 0) is 42.7 Å². The fraction of sp³-hybridized carbons (Fsp3) is 0.278. The second-order valence-corrected chi connectivity index (χ2v) is 5.91. The number of aromatic nitrogens is 3. The molecule has 1 N–H and O–H groups in total. The van der Waals surface area contributed by atoms with Crippen LogP contribution in [0.5, 0.6) is 0 Å². The van der Waals surface area contributed by atoms with E-state index in [0.717, 1.165) is 35.6 Å². The smallest absolute Gasteiger partial charge is 0.253 e. The van der Waals surface area contributed by atoms with Crippen LogP contribution in [0.3, 0.4) is 0 Å². The Morgan fingerprint density at radius 3 is 2.88 bits per heavy atom. The molecule has 1 saturated heterocycles. The summed E-state index contributed by atoms with van der Waals surface area (Å²) in [6.07, 6.45) is 4.08. The predicted molar refractivity (Wildman–Crippen MR) is 89.8 cm³/mol. The van der Waals surface area contributed by atoms with Crippen molar-refractivity contribution in [3.63, 3.8) is 0 Å². The Labute approximate surface area is 139 Å². The van der Waals surface area contributed by atoms with Crippen molar-refractivity contribution < 1.29 is 9.53 Å². The molecule has 1 atom stereocenters. The SMILES string of the molecule is O=C(Nc1ccc(Cc2nnc3ccccn23)cc1)[C@@H]1CCCO1. The third-order valence-electron chi connectivity index (χ3n) is 4.19. The number of hydrogen-bond acceptors (Lipinski definition) is 4. The molecule has 0 radical (unpaired) electrons. The van der Waals surface area contributed by atoms with E-state index in [1.165, 1.54) is 0 Å². The number of benzene rings is 1. The molecule has 1 amide bonds. The van der Waals surface area contributed by atoms with E-state index < -0.39 is 0 Å². The number of rotatable bonds is 4. The van der Waals surface area contributed by atoms with Crippen molar-refractivity contribution in [3.05, 3.63) is 60.0 Å². The van der Waals surface area contributed by atoms with Gasteiger partial charge in [0.1, 0.15) is 11.9 Å². The summed E-state index contributed by atoms with van der Waals surface area (Å²) < 4.78 is 7.37. The lowest BCUT2D eigenvalue weighted by Crippen LogP contribution is -2.26. The number of carbonyl (C=O) groups is 1. The lowest BCUT2D eigenvalue weighted by molar-refractivity contribution is -0.124. The fourth-order valence-electron chi connectivity index (χ4n) is 2.91. The summed E-state index contributed by atoms with van der Waals surface area (Å²) in [5, 5.41) is 11.3. The number of hydrogen-bond donors (Lipinski definition) is 1. The van der Waals surface area contributed by atoms with Gasteiger partial charge in [0, 0.05) is 24.9 Å². The molecule has 0 saturated carbocycles. The Kier molecular flexibility index (Phi) is 3.96. The summed E-state index contributed by atoms with van der Waals surface area (Å²) in [5.41, 5.74) is 2.74. The van der Waals surface area contributed by atoms with Crippen LogP contribution >= 0.6 is 0 Å². The van der Waals surface area contributed by atoms with E-state index in [0.29, 0.717) is 13.0 Å². The van der Waals surface area contributed by atoms with Crippen LogP contribution in [-0.4, -0.2) is 33.2 Å². The van der Waals surface area contributed by atoms with E-state index in [1.807, 2.05) is 53.1 Å². The minimum absolute atomic E-state index is 0.0660. The van der Waals surface area contributed by atoms with Crippen molar-refractivity contribution >= 4 is 17.2 Å². The number of fused-ring (bicyclic) bond motifs is 1. The number of nitrogens with zero attached hydrogens (tertiary/aromatic N) is 3. The molecule has 1 fully saturated rings. The maximum absolute atomic E-state index is 12.0. The first-order valence-corrected chi connectivity index (χ1v) is 8.10. The Morgan fingerprint density at radius 2 is 2.08 bits per heavy atom. The molecule has 1 aliphatic heterocycles. The molecular weight excluding hydrogens is 304 g/mol. The predicted octanol–water partition coefficient (Wildman–Crippen LogP) is 2.44. The Balaban J connectivity index is 1.44. The van der Waals surface area contributed by atoms with E-state index in [9.17, 15) is 4.79 Å². The molecule has 3 aromatic rings. The van der Waals surface area contributed by atoms with Gasteiger partial charge >= 0.3 is 0 Å². The van der Waals surface area contributed by atoms with Gasteiger partial charge in [-0.25, -0.2) is 0 Å². The molecule has 1 aromatic carbocycles. The molecule has 0 spiro atoms. The number of ether oxygens (including phenoxy) is 1. The highest BCUT2D eigenvalue weighted by atomic mass is 16.5. The molecule has 2 aromatic heterocycles. The van der Waals surface area contributed by atoms with E-state index in [4.69, 9.17) is 4.74 Å². The van der Waals surface area contributed by atoms with Crippen molar-refractivity contribution in [2.75, 3.05) is 11.9 Å². The molecule has 6 nitrogen and oxygen atoms in total. The van der Waals surface area contributed by atoms with Gasteiger partial charge in [-0.3, -0.25) is 9.20 Å². The van der Waals surface area contributed by atoms with Crippen LogP contribution in [0.4, 0.5) is 5.69 Å². The van der Waals surface area contributed by atoms with Gasteiger partial charge in [0.05, 0.1) is 0 Å². The van der Waals surface area contributed by atoms with Gasteiger partial charge < -0.3 is 10.1 Å². The molecule has 6 heteroatoms. The van der Waals surface area contributed by atoms with Gasteiger partial charge in [0.2, 0.25) is 0 Å². The second-order valence-electron chi connectivity index (χ2n) is 5.91. The molecule has 0 unspecified atom stereocenters. The van der Waals surface area contributed by atoms with Gasteiger partial charge in [-0.15, -0.1) is 10.2 Å². The molecule has 1 aliphatic rings. The normalized spacial score (nSPS) is 17.2. The average molecular weight is 322 g/mol. The maximum Gasteiger partial charge on any atom is 0.253 e. The number of amides is 1. The summed E-state index contributed by atoms with van der Waals surface area (Å²) in [6.45, 7) is 0.670. The summed E-state index contributed by atoms with van der Waals surface area (Å²) in [7, 11) is 0. The number of anilines is 1. The van der Waals surface area contributed by atoms with E-state index in [2.05, 4.69) is 15.5 Å². The van der Waals surface area contributed by atoms with Crippen molar-refractivity contribution in [2.24, 2.45) is 0 Å². The van der Waals surface area contributed by atoms with E-state index in [1.54, 1.807) is 0 Å². The molecule has 122 valence electrons. The zero-order chi connectivity index (χ0) is 16.4. The molecule has 4 rings (SSSR count). The summed E-state index contributed by atoms with van der Waals surface area (Å²) >= 11 is 0. The first kappa shape index (κ1) is 14.8. The van der Waals surface area contributed by atoms with Crippen LogP contribution < -0.4 is 5.32 Å². The van der Waals surface area contributed by atoms with Crippen molar-refractivity contribution in [3.8, 4) is 0 Å². The minimum Gasteiger partial charge on any atom is -0.368 e. The highest BCUT2D eigenvalue weighted by Crippen LogP contribution is 2.17. The molecule has 3 heterocycles. The van der Waals surface area contributed by atoms with Crippen molar-refractivity contribution in [1.29, 1.82) is 0 Å². The lowest BCUT2D eigenvalue weighted by Gasteiger charge is -2.10. The van der Waals surface area contributed by atoms with Crippen LogP contribution in [0.2, 0.25) is 0 Å². The van der Waals surface area contributed by atoms with Crippen LogP contribution in [-0.2, 0) is 16.0 Å². The quantitative estimate of drug-likeness (QED) is 0.801. The van der Waals surface area contributed by atoms with E-state index in [-0.39, 0.29) is 12.0 Å². The van der Waals surface area contributed by atoms with E-state index >= 15 is 0 Å². The summed E-state index contributed by atoms with van der Waals surface area (Å²) in [5.74, 6) is 0.824. The number of pyridine rings is 1. The highest BCUT2D eigenvalue weighted by Gasteiger charge is 2.23. The molecule has 0 bridgehead atoms. The highest BCUT2D eigenvalue weighted by molar-refractivity contribution is 5.94. The lowest BCUT2D eigenvalue weighted by atomic mass is 10.1. The second kappa shape index (κ2) is 6.41. The van der Waals surface area contributed by atoms with Gasteiger partial charge in [-0.1, -0.05) is 18.2 Å². The largest absolute Gasteiger partial charge is 0.368 e. The molecule has 0 aliphatic carbocycles. The third-order valence-corrected chi connectivity index (χ3v) is 4.19. The van der Waals surface area contributed by atoms with Crippen LogP contribution in [0.25, 0.3) is 5.65 Å². The van der Waals surface area contributed by atoms with Crippen molar-refractivity contribution in [2.45, 2.75) is 25.4 Å². The average Bonchev–Trinajstić information content (AvgIpc) is 3.27. The fourth-order valence-corrected chi connectivity index (χ4v) is 2.91. The standard InChI is InChI=1S/C18H18N4O2/c23-18(15-4-3-11-24-15)19-14-8-6-13(7-9-14)12-17-21-20-16-5-1-2-10-22(16)17/h1-2,5-10,15H,3-4,11-12H2,(H,19,23)/t15-/m0/s1. The van der Waals surface area contributed by atoms with Gasteiger partial charge in [-0.2, -0.15) is 0 Å². The molecular formula is C18H18N4O2. The zero-order valence-corrected chi connectivity index (χ0v) is 13.2. The van der Waals surface area contributed by atoms with Crippen LogP contribution in [0, 0.1) is 0 Å². The van der Waals surface area contributed by atoms with Crippen LogP contribution in [0.15, 0.2) is 48.7 Å². The monoisotopic (exact) mass is 322 g/mol. The minimum atomic E-state index is -0.313. The number of nitrogens with one attached hydrogen (secondary N) is 1. The third kappa shape index (κ3) is 3.00. The Bertz CT molecular complexity index is 851. The summed E-state index contributed by atoms with van der Waals surface area (Å²) in [4.78, 5) is 12.0. The van der Waals surface area contributed by atoms with Gasteiger partial charge in [0.25, 0.3) is 5.91 Å². The Hall–Kier alpha value is -2.73. The summed E-state index contributed by atoms with van der Waals surface area (Å²) in [6, 6.07) is 13.6. The van der Waals surface area contributed by atoms with Crippen LogP contribution in [0.1, 0.15) is 24.2 Å². The van der Waals surface area contributed by atoms with Gasteiger partial charge in [0.15, 0.2) is 5.65 Å². The Morgan fingerprint density at radius 1 is 1.21 bits per heavy atom. The maximum atomic E-state index is 12.0.